The van der Waals surface area contributed by atoms with E-state index in [0.29, 0.717) is 27.2 Å². The number of rotatable bonds is 4. The van der Waals surface area contributed by atoms with Crippen LogP contribution in [0.4, 0.5) is 5.69 Å². The molecule has 3 rings (SSSR count). The average Bonchev–Trinajstić information content (AvgIpc) is 2.85. The maximum absolute atomic E-state index is 12.4. The van der Waals surface area contributed by atoms with Crippen LogP contribution in [-0.2, 0) is 15.8 Å². The molecule has 1 amide bonds. The van der Waals surface area contributed by atoms with Crippen LogP contribution in [0.15, 0.2) is 42.5 Å². The summed E-state index contributed by atoms with van der Waals surface area (Å²) < 4.78 is 22.1. The summed E-state index contributed by atoms with van der Waals surface area (Å²) in [6.07, 6.45) is 0. The molecule has 1 heterocycles. The van der Waals surface area contributed by atoms with E-state index in [1.54, 1.807) is 42.5 Å². The number of fused-ring (bicyclic) bond motifs is 1. The normalized spacial score (nSPS) is 11.6. The molecule has 0 aliphatic heterocycles. The number of hydrogen-bond acceptors (Lipinski definition) is 3. The third kappa shape index (κ3) is 4.13. The van der Waals surface area contributed by atoms with E-state index < -0.39 is 15.9 Å². The van der Waals surface area contributed by atoms with E-state index in [4.69, 9.17) is 28.3 Å². The number of anilines is 1. The molecule has 130 valence electrons. The Kier molecular flexibility index (Phi) is 4.75. The van der Waals surface area contributed by atoms with Crippen molar-refractivity contribution in [2.45, 2.75) is 5.75 Å². The van der Waals surface area contributed by atoms with Crippen LogP contribution < -0.4 is 10.5 Å². The van der Waals surface area contributed by atoms with Crippen LogP contribution >= 0.6 is 23.2 Å². The van der Waals surface area contributed by atoms with Gasteiger partial charge in [-0.3, -0.25) is 4.79 Å². The van der Waals surface area contributed by atoms with Gasteiger partial charge in [-0.2, -0.15) is 0 Å². The fourth-order valence-electron chi connectivity index (χ4n) is 2.40. The van der Waals surface area contributed by atoms with E-state index in [9.17, 15) is 13.2 Å². The molecule has 0 fully saturated rings. The zero-order chi connectivity index (χ0) is 18.2. The molecule has 25 heavy (non-hydrogen) atoms. The highest BCUT2D eigenvalue weighted by Gasteiger charge is 2.17. The fraction of sp³-hybridized carbons (Fsp3) is 0.0625. The number of nitrogens with one attached hydrogen (secondary N) is 2. The lowest BCUT2D eigenvalue weighted by molar-refractivity contribution is 0.102. The average molecular weight is 398 g/mol. The second-order valence-corrected chi connectivity index (χ2v) is 7.89. The second-order valence-electron chi connectivity index (χ2n) is 5.46. The predicted octanol–water partition coefficient (Wildman–Crippen LogP) is 3.52. The number of carbonyl (C=O) groups is 1. The van der Waals surface area contributed by atoms with Crippen LogP contribution in [-0.4, -0.2) is 19.3 Å². The molecule has 4 N–H and O–H groups in total. The first kappa shape index (κ1) is 17.8. The van der Waals surface area contributed by atoms with Gasteiger partial charge in [-0.15, -0.1) is 0 Å². The van der Waals surface area contributed by atoms with Gasteiger partial charge in [0.05, 0.1) is 10.8 Å². The maximum Gasteiger partial charge on any atom is 0.273 e. The van der Waals surface area contributed by atoms with E-state index in [-0.39, 0.29) is 16.5 Å². The number of nitrogens with two attached hydrogens (primary N) is 1. The van der Waals surface area contributed by atoms with Crippen LogP contribution in [0.5, 0.6) is 0 Å². The van der Waals surface area contributed by atoms with Crippen LogP contribution in [0, 0.1) is 0 Å². The molecule has 0 spiro atoms. The first-order valence-electron chi connectivity index (χ1n) is 7.10. The molecule has 0 saturated carbocycles. The summed E-state index contributed by atoms with van der Waals surface area (Å²) in [6.45, 7) is 0. The lowest BCUT2D eigenvalue weighted by atomic mass is 10.2. The number of H-pyrrole nitrogens is 1. The first-order valence-corrected chi connectivity index (χ1v) is 9.57. The number of aromatic amines is 1. The molecule has 0 aliphatic carbocycles. The van der Waals surface area contributed by atoms with Gasteiger partial charge in [0.15, 0.2) is 0 Å². The highest BCUT2D eigenvalue weighted by Crippen LogP contribution is 2.30. The molecule has 2 aromatic carbocycles. The first-order chi connectivity index (χ1) is 11.7. The Labute approximate surface area is 154 Å². The standard InChI is InChI=1S/C16H13Cl2N3O3S/c17-10-3-6-13-12(7-10)14(18)15(21-13)16(22)20-11-4-1-9(2-5-11)8-25(19,23)24/h1-7,21H,8H2,(H,20,22)(H2,19,23,24). The van der Waals surface area contributed by atoms with Crippen molar-refractivity contribution >= 4 is 55.7 Å². The summed E-state index contributed by atoms with van der Waals surface area (Å²) >= 11 is 12.2. The van der Waals surface area contributed by atoms with E-state index in [2.05, 4.69) is 10.3 Å². The van der Waals surface area contributed by atoms with Crippen molar-refractivity contribution in [3.63, 3.8) is 0 Å². The summed E-state index contributed by atoms with van der Waals surface area (Å²) in [5.74, 6) is -0.688. The molecule has 0 radical (unpaired) electrons. The third-order valence-electron chi connectivity index (χ3n) is 3.50. The highest BCUT2D eigenvalue weighted by molar-refractivity contribution is 7.88. The number of sulfonamides is 1. The summed E-state index contributed by atoms with van der Waals surface area (Å²) in [6, 6.07) is 11.4. The van der Waals surface area contributed by atoms with Gasteiger partial charge in [-0.25, -0.2) is 13.6 Å². The van der Waals surface area contributed by atoms with Crippen LogP contribution in [0.2, 0.25) is 10.0 Å². The van der Waals surface area contributed by atoms with Crippen molar-refractivity contribution in [2.24, 2.45) is 5.14 Å². The van der Waals surface area contributed by atoms with Crippen molar-refractivity contribution in [1.82, 2.24) is 4.98 Å². The van der Waals surface area contributed by atoms with E-state index in [1.165, 1.54) is 0 Å². The Balaban J connectivity index is 1.82. The SMILES string of the molecule is NS(=O)(=O)Cc1ccc(NC(=O)c2[nH]c3ccc(Cl)cc3c2Cl)cc1. The maximum atomic E-state index is 12.4. The molecular weight excluding hydrogens is 385 g/mol. The monoisotopic (exact) mass is 397 g/mol. The van der Waals surface area contributed by atoms with Crippen molar-refractivity contribution in [3.05, 3.63) is 63.8 Å². The molecule has 0 bridgehead atoms. The Morgan fingerprint density at radius 3 is 2.44 bits per heavy atom. The lowest BCUT2D eigenvalue weighted by Crippen LogP contribution is -2.15. The number of halogens is 2. The molecule has 1 aromatic heterocycles. The molecular formula is C16H13Cl2N3O3S. The second kappa shape index (κ2) is 6.68. The molecule has 6 nitrogen and oxygen atoms in total. The number of amides is 1. The predicted molar refractivity (Wildman–Crippen MR) is 99.5 cm³/mol. The Morgan fingerprint density at radius 2 is 1.80 bits per heavy atom. The highest BCUT2D eigenvalue weighted by atomic mass is 35.5. The Morgan fingerprint density at radius 1 is 1.12 bits per heavy atom. The number of benzene rings is 2. The molecule has 0 saturated heterocycles. The van der Waals surface area contributed by atoms with Crippen molar-refractivity contribution in [2.75, 3.05) is 5.32 Å². The quantitative estimate of drug-likeness (QED) is 0.626. The van der Waals surface area contributed by atoms with Crippen LogP contribution in [0.1, 0.15) is 16.1 Å². The van der Waals surface area contributed by atoms with E-state index >= 15 is 0 Å². The largest absolute Gasteiger partial charge is 0.349 e. The molecule has 3 aromatic rings. The Hall–Kier alpha value is -2.06. The van der Waals surface area contributed by atoms with Crippen LogP contribution in [0.3, 0.4) is 0 Å². The van der Waals surface area contributed by atoms with Gasteiger partial charge in [0.1, 0.15) is 5.69 Å². The minimum atomic E-state index is -3.60. The number of aromatic nitrogens is 1. The minimum absolute atomic E-state index is 0.215. The molecule has 9 heteroatoms. The summed E-state index contributed by atoms with van der Waals surface area (Å²) in [5, 5.41) is 9.15. The van der Waals surface area contributed by atoms with Gasteiger partial charge >= 0.3 is 0 Å². The smallest absolute Gasteiger partial charge is 0.273 e. The van der Waals surface area contributed by atoms with Crippen LogP contribution in [0.25, 0.3) is 10.9 Å². The fourth-order valence-corrected chi connectivity index (χ4v) is 3.52. The van der Waals surface area contributed by atoms with Crippen molar-refractivity contribution in [1.29, 1.82) is 0 Å². The van der Waals surface area contributed by atoms with Gasteiger partial charge in [0.2, 0.25) is 10.0 Å². The molecule has 0 unspecified atom stereocenters. The zero-order valence-corrected chi connectivity index (χ0v) is 15.0. The molecule has 0 atom stereocenters. The number of carbonyl (C=O) groups excluding carboxylic acids is 1. The van der Waals surface area contributed by atoms with Gasteiger partial charge in [0.25, 0.3) is 5.91 Å². The van der Waals surface area contributed by atoms with Crippen molar-refractivity contribution < 1.29 is 13.2 Å². The van der Waals surface area contributed by atoms with Gasteiger partial charge in [-0.1, -0.05) is 35.3 Å². The van der Waals surface area contributed by atoms with E-state index in [0.717, 1.165) is 0 Å². The number of hydrogen-bond donors (Lipinski definition) is 3. The van der Waals surface area contributed by atoms with Gasteiger partial charge < -0.3 is 10.3 Å². The lowest BCUT2D eigenvalue weighted by Gasteiger charge is -2.06. The minimum Gasteiger partial charge on any atom is -0.349 e. The van der Waals surface area contributed by atoms with Crippen molar-refractivity contribution in [3.8, 4) is 0 Å². The summed E-state index contributed by atoms with van der Waals surface area (Å²) in [7, 11) is -3.60. The summed E-state index contributed by atoms with van der Waals surface area (Å²) in [5.41, 5.74) is 1.94. The van der Waals surface area contributed by atoms with E-state index in [1.807, 2.05) is 0 Å². The Bertz CT molecular complexity index is 1060. The third-order valence-corrected chi connectivity index (χ3v) is 4.87. The number of primary sulfonamides is 1. The topological polar surface area (TPSA) is 105 Å². The zero-order valence-electron chi connectivity index (χ0n) is 12.7. The van der Waals surface area contributed by atoms with Gasteiger partial charge in [0, 0.05) is 21.6 Å². The van der Waals surface area contributed by atoms with Gasteiger partial charge in [-0.05, 0) is 35.9 Å². The summed E-state index contributed by atoms with van der Waals surface area (Å²) in [4.78, 5) is 15.4. The molecule has 0 aliphatic rings.